The normalized spacial score (nSPS) is 13.0. The fourth-order valence-electron chi connectivity index (χ4n) is 3.06. The number of imidazole rings is 1. The van der Waals surface area contributed by atoms with Crippen molar-refractivity contribution in [1.29, 1.82) is 0 Å². The molecule has 0 atom stereocenters. The second-order valence-corrected chi connectivity index (χ2v) is 6.21. The molecule has 0 bridgehead atoms. The summed E-state index contributed by atoms with van der Waals surface area (Å²) in [4.78, 5) is 28.8. The van der Waals surface area contributed by atoms with Crippen LogP contribution in [0.5, 0.6) is 5.75 Å². The molecule has 1 N–H and O–H groups in total. The van der Waals surface area contributed by atoms with Gasteiger partial charge in [0.05, 0.1) is 11.3 Å². The second-order valence-electron chi connectivity index (χ2n) is 6.21. The Morgan fingerprint density at radius 3 is 2.96 bits per heavy atom. The largest absolute Gasteiger partial charge is 0.485 e. The summed E-state index contributed by atoms with van der Waals surface area (Å²) in [6.45, 7) is 4.21. The molecule has 0 fully saturated rings. The van der Waals surface area contributed by atoms with Gasteiger partial charge in [0.25, 0.3) is 5.91 Å². The third kappa shape index (κ3) is 2.65. The van der Waals surface area contributed by atoms with E-state index in [1.165, 1.54) is 0 Å². The van der Waals surface area contributed by atoms with Gasteiger partial charge in [-0.3, -0.25) is 14.0 Å². The van der Waals surface area contributed by atoms with Crippen molar-refractivity contribution in [3.05, 3.63) is 64.6 Å². The Morgan fingerprint density at radius 1 is 1.28 bits per heavy atom. The first-order valence-corrected chi connectivity index (χ1v) is 8.05. The lowest BCUT2D eigenvalue weighted by Gasteiger charge is -2.07. The number of fused-ring (bicyclic) bond motifs is 2. The molecular weight excluding hydrogens is 318 g/mol. The van der Waals surface area contributed by atoms with Crippen LogP contribution in [0.15, 0.2) is 36.5 Å². The number of benzene rings is 1. The van der Waals surface area contributed by atoms with Crippen molar-refractivity contribution in [1.82, 2.24) is 14.7 Å². The smallest absolute Gasteiger partial charge is 0.270 e. The van der Waals surface area contributed by atoms with E-state index in [2.05, 4.69) is 10.3 Å². The van der Waals surface area contributed by atoms with Crippen molar-refractivity contribution >= 4 is 17.3 Å². The van der Waals surface area contributed by atoms with Crippen LogP contribution in [0.3, 0.4) is 0 Å². The summed E-state index contributed by atoms with van der Waals surface area (Å²) in [6.07, 6.45) is 1.90. The number of pyridine rings is 1. The third-order valence-corrected chi connectivity index (χ3v) is 4.31. The first-order chi connectivity index (χ1) is 12.0. The van der Waals surface area contributed by atoms with E-state index in [1.807, 2.05) is 38.2 Å². The predicted octanol–water partition coefficient (Wildman–Crippen LogP) is 2.46. The van der Waals surface area contributed by atoms with Gasteiger partial charge in [-0.2, -0.15) is 0 Å². The van der Waals surface area contributed by atoms with Crippen LogP contribution < -0.4 is 10.1 Å². The Hall–Kier alpha value is -3.15. The first-order valence-electron chi connectivity index (χ1n) is 8.05. The molecule has 1 amide bonds. The van der Waals surface area contributed by atoms with Crippen LogP contribution in [0.1, 0.15) is 37.7 Å². The molecule has 3 heterocycles. The summed E-state index contributed by atoms with van der Waals surface area (Å²) < 4.78 is 7.08. The van der Waals surface area contributed by atoms with Gasteiger partial charge in [0.15, 0.2) is 6.61 Å². The van der Waals surface area contributed by atoms with Crippen molar-refractivity contribution in [3.63, 3.8) is 0 Å². The minimum Gasteiger partial charge on any atom is -0.485 e. The van der Waals surface area contributed by atoms with Crippen molar-refractivity contribution in [2.75, 3.05) is 6.61 Å². The summed E-state index contributed by atoms with van der Waals surface area (Å²) in [5.41, 5.74) is 4.44. The minimum atomic E-state index is -0.196. The zero-order chi connectivity index (χ0) is 17.6. The number of carbonyl (C=O) groups is 2. The second kappa shape index (κ2) is 5.73. The number of nitrogens with zero attached hydrogens (tertiary/aromatic N) is 2. The Balaban J connectivity index is 1.57. The van der Waals surface area contributed by atoms with E-state index in [4.69, 9.17) is 4.74 Å². The van der Waals surface area contributed by atoms with Crippen LogP contribution in [0, 0.1) is 13.8 Å². The molecule has 6 nitrogen and oxygen atoms in total. The number of hydrogen-bond acceptors (Lipinski definition) is 4. The van der Waals surface area contributed by atoms with Crippen LogP contribution in [-0.2, 0) is 6.54 Å². The van der Waals surface area contributed by atoms with Crippen molar-refractivity contribution in [2.24, 2.45) is 0 Å². The molecule has 0 radical (unpaired) electrons. The minimum absolute atomic E-state index is 0.0312. The molecular formula is C19H17N3O3. The van der Waals surface area contributed by atoms with Crippen molar-refractivity contribution in [3.8, 4) is 5.75 Å². The van der Waals surface area contributed by atoms with Crippen LogP contribution in [-0.4, -0.2) is 27.7 Å². The van der Waals surface area contributed by atoms with E-state index in [0.29, 0.717) is 29.2 Å². The number of ketones is 1. The highest BCUT2D eigenvalue weighted by Crippen LogP contribution is 2.26. The van der Waals surface area contributed by atoms with E-state index in [1.54, 1.807) is 16.5 Å². The van der Waals surface area contributed by atoms with Crippen LogP contribution >= 0.6 is 0 Å². The molecule has 3 aromatic rings. The molecule has 1 aromatic carbocycles. The number of aryl methyl sites for hydroxylation is 2. The van der Waals surface area contributed by atoms with Crippen LogP contribution in [0.25, 0.3) is 5.65 Å². The van der Waals surface area contributed by atoms with E-state index < -0.39 is 0 Å². The van der Waals surface area contributed by atoms with Gasteiger partial charge in [0, 0.05) is 12.7 Å². The Labute approximate surface area is 144 Å². The zero-order valence-corrected chi connectivity index (χ0v) is 14.0. The Kier molecular flexibility index (Phi) is 3.53. The topological polar surface area (TPSA) is 72.7 Å². The molecule has 2 aromatic heterocycles. The van der Waals surface area contributed by atoms with Gasteiger partial charge >= 0.3 is 0 Å². The average molecular weight is 335 g/mol. The molecule has 1 aliphatic rings. The average Bonchev–Trinajstić information content (AvgIpc) is 3.12. The number of ether oxygens (including phenoxy) is 1. The van der Waals surface area contributed by atoms with Gasteiger partial charge in [-0.1, -0.05) is 12.1 Å². The molecule has 126 valence electrons. The number of aromatic nitrogens is 2. The van der Waals surface area contributed by atoms with Crippen LogP contribution in [0.2, 0.25) is 0 Å². The molecule has 0 saturated carbocycles. The predicted molar refractivity (Wildman–Crippen MR) is 92.1 cm³/mol. The molecule has 0 saturated heterocycles. The van der Waals surface area contributed by atoms with Crippen LogP contribution in [0.4, 0.5) is 0 Å². The maximum Gasteiger partial charge on any atom is 0.270 e. The van der Waals surface area contributed by atoms with Gasteiger partial charge in [0.1, 0.15) is 17.1 Å². The fraction of sp³-hybridized carbons (Fsp3) is 0.211. The summed E-state index contributed by atoms with van der Waals surface area (Å²) >= 11 is 0. The number of hydrogen-bond donors (Lipinski definition) is 1. The highest BCUT2D eigenvalue weighted by Gasteiger charge is 2.21. The molecule has 1 aliphatic heterocycles. The Bertz CT molecular complexity index is 1020. The lowest BCUT2D eigenvalue weighted by atomic mass is 10.1. The van der Waals surface area contributed by atoms with Gasteiger partial charge in [-0.15, -0.1) is 0 Å². The van der Waals surface area contributed by atoms with Gasteiger partial charge < -0.3 is 10.1 Å². The number of amides is 1. The highest BCUT2D eigenvalue weighted by molar-refractivity contribution is 6.02. The molecule has 0 unspecified atom stereocenters. The van der Waals surface area contributed by atoms with E-state index in [-0.39, 0.29) is 18.3 Å². The SMILES string of the molecule is Cc1ccc2nc(C)c(C(=O)NCc3ccc4c(c3)C(=O)CO4)n2c1. The summed E-state index contributed by atoms with van der Waals surface area (Å²) in [7, 11) is 0. The van der Waals surface area contributed by atoms with E-state index in [9.17, 15) is 9.59 Å². The maximum absolute atomic E-state index is 12.7. The third-order valence-electron chi connectivity index (χ3n) is 4.31. The van der Waals surface area contributed by atoms with Gasteiger partial charge in [0.2, 0.25) is 5.78 Å². The van der Waals surface area contributed by atoms with E-state index in [0.717, 1.165) is 16.8 Å². The molecule has 6 heteroatoms. The molecule has 0 spiro atoms. The molecule has 4 rings (SSSR count). The summed E-state index contributed by atoms with van der Waals surface area (Å²) in [6, 6.07) is 9.25. The fourth-order valence-corrected chi connectivity index (χ4v) is 3.06. The number of rotatable bonds is 3. The quantitative estimate of drug-likeness (QED) is 0.798. The summed E-state index contributed by atoms with van der Waals surface area (Å²) in [5.74, 6) is 0.378. The molecule has 25 heavy (non-hydrogen) atoms. The Morgan fingerprint density at radius 2 is 2.12 bits per heavy atom. The van der Waals surface area contributed by atoms with Gasteiger partial charge in [-0.05, 0) is 43.2 Å². The molecule has 0 aliphatic carbocycles. The lowest BCUT2D eigenvalue weighted by Crippen LogP contribution is -2.25. The number of nitrogens with one attached hydrogen (secondary N) is 1. The first kappa shape index (κ1) is 15.4. The van der Waals surface area contributed by atoms with Crippen molar-refractivity contribution in [2.45, 2.75) is 20.4 Å². The zero-order valence-electron chi connectivity index (χ0n) is 14.0. The monoisotopic (exact) mass is 335 g/mol. The number of Topliss-reactive ketones (excluding diaryl/α,β-unsaturated/α-hetero) is 1. The lowest BCUT2D eigenvalue weighted by molar-refractivity contribution is 0.0942. The van der Waals surface area contributed by atoms with Gasteiger partial charge in [-0.25, -0.2) is 4.98 Å². The number of carbonyl (C=O) groups excluding carboxylic acids is 2. The summed E-state index contributed by atoms with van der Waals surface area (Å²) in [5, 5.41) is 2.91. The highest BCUT2D eigenvalue weighted by atomic mass is 16.5. The standard InChI is InChI=1S/C19H17N3O3/c1-11-3-6-17-21-12(2)18(22(17)9-11)19(24)20-8-13-4-5-16-14(7-13)15(23)10-25-16/h3-7,9H,8,10H2,1-2H3,(H,20,24). The van der Waals surface area contributed by atoms with E-state index >= 15 is 0 Å². The maximum atomic E-state index is 12.7. The van der Waals surface area contributed by atoms with Crippen molar-refractivity contribution < 1.29 is 14.3 Å².